The lowest BCUT2D eigenvalue weighted by atomic mass is 9.92. The highest BCUT2D eigenvalue weighted by atomic mass is 32.1. The molecule has 2 fully saturated rings. The van der Waals surface area contributed by atoms with Crippen LogP contribution in [-0.2, 0) is 4.79 Å². The van der Waals surface area contributed by atoms with E-state index in [0.29, 0.717) is 12.0 Å². The van der Waals surface area contributed by atoms with Crippen LogP contribution in [0.15, 0.2) is 16.8 Å². The monoisotopic (exact) mass is 292 g/mol. The predicted octanol–water partition coefficient (Wildman–Crippen LogP) is 3.39. The Hall–Kier alpha value is -0.870. The van der Waals surface area contributed by atoms with Crippen LogP contribution in [0, 0.1) is 11.8 Å². The normalized spacial score (nSPS) is 37.9. The van der Waals surface area contributed by atoms with E-state index in [1.807, 2.05) is 6.92 Å². The van der Waals surface area contributed by atoms with Gasteiger partial charge in [-0.3, -0.25) is 10.1 Å². The van der Waals surface area contributed by atoms with E-state index in [-0.39, 0.29) is 18.1 Å². The fraction of sp³-hybridized carbons (Fsp3) is 0.688. The van der Waals surface area contributed by atoms with Crippen molar-refractivity contribution in [2.75, 3.05) is 0 Å². The Balaban J connectivity index is 1.87. The van der Waals surface area contributed by atoms with E-state index in [0.717, 1.165) is 12.3 Å². The maximum atomic E-state index is 12.6. The van der Waals surface area contributed by atoms with Gasteiger partial charge in [-0.2, -0.15) is 11.3 Å². The van der Waals surface area contributed by atoms with Crippen LogP contribution in [0.5, 0.6) is 0 Å². The maximum absolute atomic E-state index is 12.6. The molecule has 20 heavy (non-hydrogen) atoms. The Morgan fingerprint density at radius 1 is 1.40 bits per heavy atom. The molecule has 2 aliphatic rings. The molecule has 1 aliphatic carbocycles. The molecule has 0 radical (unpaired) electrons. The molecule has 0 spiro atoms. The van der Waals surface area contributed by atoms with Crippen molar-refractivity contribution < 1.29 is 4.79 Å². The zero-order valence-electron chi connectivity index (χ0n) is 12.5. The number of nitrogens with zero attached hydrogens (tertiary/aromatic N) is 1. The molecule has 5 atom stereocenters. The molecule has 1 saturated carbocycles. The molecule has 0 aromatic carbocycles. The van der Waals surface area contributed by atoms with E-state index in [1.54, 1.807) is 11.3 Å². The minimum atomic E-state index is -0.0622. The summed E-state index contributed by atoms with van der Waals surface area (Å²) in [5.41, 5.74) is 1.24. The molecule has 4 heteroatoms. The number of nitrogens with one attached hydrogen (secondary N) is 1. The highest BCUT2D eigenvalue weighted by Crippen LogP contribution is 2.41. The first-order chi connectivity index (χ1) is 9.63. The molecule has 1 aliphatic heterocycles. The van der Waals surface area contributed by atoms with Crippen molar-refractivity contribution in [3.8, 4) is 0 Å². The van der Waals surface area contributed by atoms with Crippen LogP contribution in [0.3, 0.4) is 0 Å². The highest BCUT2D eigenvalue weighted by molar-refractivity contribution is 7.07. The van der Waals surface area contributed by atoms with Gasteiger partial charge in [0.15, 0.2) is 0 Å². The summed E-state index contributed by atoms with van der Waals surface area (Å²) in [6, 6.07) is 2.47. The van der Waals surface area contributed by atoms with Gasteiger partial charge in [0.25, 0.3) is 0 Å². The lowest BCUT2D eigenvalue weighted by molar-refractivity contribution is -0.132. The van der Waals surface area contributed by atoms with Gasteiger partial charge >= 0.3 is 0 Å². The third kappa shape index (κ3) is 2.19. The second-order valence-corrected chi connectivity index (χ2v) is 7.05. The number of rotatable bonds is 3. The molecular weight excluding hydrogens is 268 g/mol. The lowest BCUT2D eigenvalue weighted by Crippen LogP contribution is -2.42. The van der Waals surface area contributed by atoms with E-state index in [1.165, 1.54) is 18.4 Å². The Kier molecular flexibility index (Phi) is 3.87. The van der Waals surface area contributed by atoms with Crippen molar-refractivity contribution in [2.24, 2.45) is 11.8 Å². The first kappa shape index (κ1) is 14.1. The van der Waals surface area contributed by atoms with Crippen molar-refractivity contribution in [2.45, 2.75) is 58.3 Å². The van der Waals surface area contributed by atoms with Crippen LogP contribution < -0.4 is 5.32 Å². The van der Waals surface area contributed by atoms with Crippen LogP contribution >= 0.6 is 11.3 Å². The van der Waals surface area contributed by atoms with Crippen LogP contribution in [0.2, 0.25) is 0 Å². The number of thiophene rings is 1. The Morgan fingerprint density at radius 2 is 2.20 bits per heavy atom. The zero-order chi connectivity index (χ0) is 14.3. The van der Waals surface area contributed by atoms with Gasteiger partial charge < -0.3 is 4.90 Å². The Morgan fingerprint density at radius 3 is 2.80 bits per heavy atom. The van der Waals surface area contributed by atoms with Gasteiger partial charge in [-0.1, -0.05) is 20.3 Å². The summed E-state index contributed by atoms with van der Waals surface area (Å²) >= 11 is 1.70. The molecule has 1 saturated heterocycles. The predicted molar refractivity (Wildman–Crippen MR) is 82.5 cm³/mol. The number of carbonyl (C=O) groups is 1. The van der Waals surface area contributed by atoms with Gasteiger partial charge in [-0.05, 0) is 54.0 Å². The summed E-state index contributed by atoms with van der Waals surface area (Å²) < 4.78 is 0. The summed E-state index contributed by atoms with van der Waals surface area (Å²) in [6.07, 6.45) is 3.72. The van der Waals surface area contributed by atoms with Crippen LogP contribution in [0.1, 0.15) is 51.8 Å². The zero-order valence-corrected chi connectivity index (χ0v) is 13.3. The van der Waals surface area contributed by atoms with E-state index in [2.05, 4.69) is 40.9 Å². The topological polar surface area (TPSA) is 32.3 Å². The van der Waals surface area contributed by atoms with Crippen molar-refractivity contribution in [3.63, 3.8) is 0 Å². The lowest BCUT2D eigenvalue weighted by Gasteiger charge is -2.33. The minimum absolute atomic E-state index is 0.0622. The molecule has 5 unspecified atom stereocenters. The molecule has 0 bridgehead atoms. The average Bonchev–Trinajstić information content (AvgIpc) is 3.12. The first-order valence-corrected chi connectivity index (χ1v) is 8.68. The van der Waals surface area contributed by atoms with E-state index in [4.69, 9.17) is 0 Å². The number of carbonyl (C=O) groups excluding carboxylic acids is 1. The van der Waals surface area contributed by atoms with E-state index >= 15 is 0 Å². The van der Waals surface area contributed by atoms with Crippen molar-refractivity contribution >= 4 is 17.2 Å². The summed E-state index contributed by atoms with van der Waals surface area (Å²) in [5.74, 6) is 1.65. The average molecular weight is 292 g/mol. The van der Waals surface area contributed by atoms with Gasteiger partial charge in [0, 0.05) is 6.04 Å². The van der Waals surface area contributed by atoms with Gasteiger partial charge in [0.05, 0.1) is 6.04 Å². The Bertz CT molecular complexity index is 473. The second kappa shape index (κ2) is 5.49. The molecular formula is C16H24N2OS. The summed E-state index contributed by atoms with van der Waals surface area (Å²) in [6.45, 7) is 6.58. The standard InChI is InChI=1S/C16H24N2OS/c1-4-12-5-6-14(10(12)2)18-15(13-7-8-20-9-13)17-11(3)16(18)19/h7-12,14-15,17H,4-6H2,1-3H3. The summed E-state index contributed by atoms with van der Waals surface area (Å²) in [4.78, 5) is 14.8. The van der Waals surface area contributed by atoms with Gasteiger partial charge in [0.1, 0.15) is 6.17 Å². The minimum Gasteiger partial charge on any atom is -0.318 e. The van der Waals surface area contributed by atoms with E-state index < -0.39 is 0 Å². The van der Waals surface area contributed by atoms with Crippen LogP contribution in [-0.4, -0.2) is 22.9 Å². The SMILES string of the molecule is CCC1CCC(N2C(=O)C(C)NC2c2ccsc2)C1C. The van der Waals surface area contributed by atoms with Crippen LogP contribution in [0.25, 0.3) is 0 Å². The van der Waals surface area contributed by atoms with Crippen molar-refractivity contribution in [1.82, 2.24) is 10.2 Å². The second-order valence-electron chi connectivity index (χ2n) is 6.27. The highest BCUT2D eigenvalue weighted by Gasteiger charge is 2.46. The quantitative estimate of drug-likeness (QED) is 0.926. The number of amides is 1. The molecule has 1 N–H and O–H groups in total. The molecule has 3 rings (SSSR count). The van der Waals surface area contributed by atoms with Crippen molar-refractivity contribution in [3.05, 3.63) is 22.4 Å². The Labute approximate surface area is 125 Å². The molecule has 3 nitrogen and oxygen atoms in total. The first-order valence-electron chi connectivity index (χ1n) is 7.73. The number of hydrogen-bond acceptors (Lipinski definition) is 3. The van der Waals surface area contributed by atoms with Crippen molar-refractivity contribution in [1.29, 1.82) is 0 Å². The smallest absolute Gasteiger partial charge is 0.241 e. The maximum Gasteiger partial charge on any atom is 0.241 e. The molecule has 1 aromatic heterocycles. The van der Waals surface area contributed by atoms with Gasteiger partial charge in [0.2, 0.25) is 5.91 Å². The number of hydrogen-bond donors (Lipinski definition) is 1. The van der Waals surface area contributed by atoms with E-state index in [9.17, 15) is 4.79 Å². The van der Waals surface area contributed by atoms with Gasteiger partial charge in [-0.15, -0.1) is 0 Å². The molecule has 1 amide bonds. The largest absolute Gasteiger partial charge is 0.318 e. The third-order valence-electron chi connectivity index (χ3n) is 5.24. The van der Waals surface area contributed by atoms with Gasteiger partial charge in [-0.25, -0.2) is 0 Å². The molecule has 2 heterocycles. The fourth-order valence-electron chi connectivity index (χ4n) is 3.97. The fourth-order valence-corrected chi connectivity index (χ4v) is 4.65. The molecule has 110 valence electrons. The summed E-state index contributed by atoms with van der Waals surface area (Å²) in [7, 11) is 0. The third-order valence-corrected chi connectivity index (χ3v) is 5.94. The molecule has 1 aromatic rings. The summed E-state index contributed by atoms with van der Waals surface area (Å²) in [5, 5.41) is 7.72. The van der Waals surface area contributed by atoms with Crippen LogP contribution in [0.4, 0.5) is 0 Å².